The van der Waals surface area contributed by atoms with Crippen LogP contribution in [0, 0.1) is 6.92 Å². The molecule has 1 amide bonds. The number of aliphatic hydroxyl groups excluding tert-OH is 1. The number of nitrogen functional groups attached to an aromatic ring is 1. The van der Waals surface area contributed by atoms with Gasteiger partial charge in [-0.15, -0.1) is 0 Å². The molecular formula is C18H23N5O4. The molecule has 1 aromatic carbocycles. The number of aliphatic hydroxyl groups is 1. The van der Waals surface area contributed by atoms with Gasteiger partial charge in [0.25, 0.3) is 11.5 Å². The number of hydrogen-bond acceptors (Lipinski definition) is 7. The molecule has 0 radical (unpaired) electrons. The van der Waals surface area contributed by atoms with E-state index < -0.39 is 6.10 Å². The number of carbonyl (C=O) groups is 1. The molecule has 9 nitrogen and oxygen atoms in total. The van der Waals surface area contributed by atoms with Gasteiger partial charge in [0.1, 0.15) is 18.2 Å². The van der Waals surface area contributed by atoms with E-state index in [1.165, 1.54) is 6.07 Å². The molecule has 3 rings (SSSR count). The highest BCUT2D eigenvalue weighted by molar-refractivity contribution is 5.81. The molecule has 0 bridgehead atoms. The first-order valence-corrected chi connectivity index (χ1v) is 8.71. The fraction of sp³-hybridized carbons (Fsp3) is 0.389. The molecule has 2 heterocycles. The number of aromatic nitrogens is 2. The summed E-state index contributed by atoms with van der Waals surface area (Å²) in [4.78, 5) is 33.9. The number of H-pyrrole nitrogens is 1. The van der Waals surface area contributed by atoms with E-state index in [0.717, 1.165) is 5.56 Å². The third kappa shape index (κ3) is 4.56. The van der Waals surface area contributed by atoms with E-state index in [1.807, 2.05) is 30.0 Å². The van der Waals surface area contributed by atoms with Crippen LogP contribution in [0.15, 0.2) is 35.1 Å². The summed E-state index contributed by atoms with van der Waals surface area (Å²) in [5.74, 6) is 0.806. The van der Waals surface area contributed by atoms with Crippen LogP contribution >= 0.6 is 0 Å². The van der Waals surface area contributed by atoms with Crippen LogP contribution in [0.3, 0.4) is 0 Å². The number of hydrogen-bond donors (Lipinski definition) is 3. The standard InChI is InChI=1S/C18H23N5O4/c1-12-4-2-3-5-14(12)27-11-13(24)17(26)23-8-6-22(7-9-23)15-10-16(25)21-18(19)20-15/h2-5,10,13,24H,6-9,11H2,1H3,(H3,19,20,21,25)/t13-/m0/s1. The van der Waals surface area contributed by atoms with Gasteiger partial charge < -0.3 is 25.4 Å². The molecule has 0 spiro atoms. The first kappa shape index (κ1) is 18.7. The van der Waals surface area contributed by atoms with Crippen LogP contribution in [0.4, 0.5) is 11.8 Å². The van der Waals surface area contributed by atoms with Crippen molar-refractivity contribution in [2.45, 2.75) is 13.0 Å². The van der Waals surface area contributed by atoms with Gasteiger partial charge in [-0.25, -0.2) is 0 Å². The topological polar surface area (TPSA) is 125 Å². The van der Waals surface area contributed by atoms with E-state index in [1.54, 1.807) is 11.0 Å². The third-order valence-electron chi connectivity index (χ3n) is 4.44. The maximum atomic E-state index is 12.4. The zero-order chi connectivity index (χ0) is 19.4. The highest BCUT2D eigenvalue weighted by atomic mass is 16.5. The summed E-state index contributed by atoms with van der Waals surface area (Å²) in [6.07, 6.45) is -1.23. The quantitative estimate of drug-likeness (QED) is 0.660. The molecule has 9 heteroatoms. The predicted octanol–water partition coefficient (Wildman–Crippen LogP) is -0.251. The van der Waals surface area contributed by atoms with Crippen LogP contribution < -0.4 is 20.9 Å². The Morgan fingerprint density at radius 2 is 2.04 bits per heavy atom. The molecule has 1 aromatic heterocycles. The number of rotatable bonds is 5. The van der Waals surface area contributed by atoms with E-state index in [-0.39, 0.29) is 24.0 Å². The number of para-hydroxylation sites is 1. The maximum absolute atomic E-state index is 12.4. The minimum atomic E-state index is -1.23. The van der Waals surface area contributed by atoms with Gasteiger partial charge in [0.15, 0.2) is 6.10 Å². The largest absolute Gasteiger partial charge is 0.490 e. The summed E-state index contributed by atoms with van der Waals surface area (Å²) >= 11 is 0. The van der Waals surface area contributed by atoms with Crippen molar-refractivity contribution in [3.63, 3.8) is 0 Å². The van der Waals surface area contributed by atoms with Crippen molar-refractivity contribution in [1.29, 1.82) is 0 Å². The van der Waals surface area contributed by atoms with E-state index in [4.69, 9.17) is 10.5 Å². The molecule has 0 saturated carbocycles. The molecule has 2 aromatic rings. The summed E-state index contributed by atoms with van der Waals surface area (Å²) in [6.45, 7) is 3.61. The Bertz CT molecular complexity index is 861. The van der Waals surface area contributed by atoms with Crippen LogP contribution in [-0.2, 0) is 4.79 Å². The second-order valence-corrected chi connectivity index (χ2v) is 6.39. The number of ether oxygens (including phenoxy) is 1. The third-order valence-corrected chi connectivity index (χ3v) is 4.44. The van der Waals surface area contributed by atoms with Crippen LogP contribution in [0.2, 0.25) is 0 Å². The number of carbonyl (C=O) groups excluding carboxylic acids is 1. The van der Waals surface area contributed by atoms with Crippen molar-refractivity contribution in [3.05, 3.63) is 46.2 Å². The monoisotopic (exact) mass is 373 g/mol. The molecule has 0 unspecified atom stereocenters. The highest BCUT2D eigenvalue weighted by Crippen LogP contribution is 2.17. The lowest BCUT2D eigenvalue weighted by Gasteiger charge is -2.36. The van der Waals surface area contributed by atoms with E-state index in [2.05, 4.69) is 9.97 Å². The Labute approximate surface area is 156 Å². The number of nitrogens with zero attached hydrogens (tertiary/aromatic N) is 3. The van der Waals surface area contributed by atoms with Gasteiger partial charge in [0.2, 0.25) is 5.95 Å². The first-order valence-electron chi connectivity index (χ1n) is 8.71. The summed E-state index contributed by atoms with van der Waals surface area (Å²) in [5, 5.41) is 10.2. The normalized spacial score (nSPS) is 15.5. The summed E-state index contributed by atoms with van der Waals surface area (Å²) in [6, 6.07) is 8.81. The zero-order valence-corrected chi connectivity index (χ0v) is 15.1. The summed E-state index contributed by atoms with van der Waals surface area (Å²) in [5.41, 5.74) is 6.19. The van der Waals surface area contributed by atoms with Gasteiger partial charge in [-0.1, -0.05) is 18.2 Å². The molecule has 4 N–H and O–H groups in total. The van der Waals surface area contributed by atoms with Gasteiger partial charge >= 0.3 is 0 Å². The number of piperazine rings is 1. The molecule has 144 valence electrons. The predicted molar refractivity (Wildman–Crippen MR) is 101 cm³/mol. The Morgan fingerprint density at radius 1 is 1.33 bits per heavy atom. The molecule has 0 aliphatic carbocycles. The number of benzene rings is 1. The maximum Gasteiger partial charge on any atom is 0.255 e. The Morgan fingerprint density at radius 3 is 2.70 bits per heavy atom. The second-order valence-electron chi connectivity index (χ2n) is 6.39. The molecule has 1 fully saturated rings. The Balaban J connectivity index is 1.53. The summed E-state index contributed by atoms with van der Waals surface area (Å²) in [7, 11) is 0. The van der Waals surface area contributed by atoms with Crippen molar-refractivity contribution >= 4 is 17.7 Å². The van der Waals surface area contributed by atoms with Crippen molar-refractivity contribution in [1.82, 2.24) is 14.9 Å². The fourth-order valence-corrected chi connectivity index (χ4v) is 2.95. The molecule has 1 aliphatic rings. The number of amides is 1. The fourth-order valence-electron chi connectivity index (χ4n) is 2.95. The van der Waals surface area contributed by atoms with E-state index >= 15 is 0 Å². The molecule has 1 saturated heterocycles. The Kier molecular flexibility index (Phi) is 5.60. The second kappa shape index (κ2) is 8.09. The van der Waals surface area contributed by atoms with E-state index in [9.17, 15) is 14.7 Å². The van der Waals surface area contributed by atoms with Crippen molar-refractivity contribution in [2.75, 3.05) is 43.4 Å². The Hall–Kier alpha value is -3.07. The van der Waals surface area contributed by atoms with Gasteiger partial charge in [-0.3, -0.25) is 14.6 Å². The number of nitrogens with one attached hydrogen (secondary N) is 1. The van der Waals surface area contributed by atoms with Crippen LogP contribution in [0.1, 0.15) is 5.56 Å². The lowest BCUT2D eigenvalue weighted by atomic mass is 10.2. The van der Waals surface area contributed by atoms with Gasteiger partial charge in [-0.05, 0) is 18.6 Å². The smallest absolute Gasteiger partial charge is 0.255 e. The number of anilines is 2. The summed E-state index contributed by atoms with van der Waals surface area (Å²) < 4.78 is 5.56. The van der Waals surface area contributed by atoms with Crippen LogP contribution in [-0.4, -0.2) is 64.8 Å². The van der Waals surface area contributed by atoms with E-state index in [0.29, 0.717) is 37.7 Å². The van der Waals surface area contributed by atoms with Gasteiger partial charge in [-0.2, -0.15) is 4.98 Å². The average Bonchev–Trinajstić information content (AvgIpc) is 2.66. The lowest BCUT2D eigenvalue weighted by Crippen LogP contribution is -2.52. The zero-order valence-electron chi connectivity index (χ0n) is 15.1. The van der Waals surface area contributed by atoms with Gasteiger partial charge in [0, 0.05) is 32.2 Å². The first-order chi connectivity index (χ1) is 12.9. The SMILES string of the molecule is Cc1ccccc1OC[C@H](O)C(=O)N1CCN(c2cc(=O)[nH]c(N)n2)CC1. The number of aryl methyl sites for hydroxylation is 1. The van der Waals surface area contributed by atoms with Crippen LogP contribution in [0.5, 0.6) is 5.75 Å². The van der Waals surface area contributed by atoms with Crippen molar-refractivity contribution in [3.8, 4) is 5.75 Å². The molecule has 1 aliphatic heterocycles. The van der Waals surface area contributed by atoms with Crippen molar-refractivity contribution in [2.24, 2.45) is 0 Å². The average molecular weight is 373 g/mol. The molecule has 1 atom stereocenters. The van der Waals surface area contributed by atoms with Crippen LogP contribution in [0.25, 0.3) is 0 Å². The lowest BCUT2D eigenvalue weighted by molar-refractivity contribution is -0.142. The number of nitrogens with two attached hydrogens (primary N) is 1. The molecule has 27 heavy (non-hydrogen) atoms. The minimum Gasteiger partial charge on any atom is -0.490 e. The highest BCUT2D eigenvalue weighted by Gasteiger charge is 2.27. The number of aromatic amines is 1. The van der Waals surface area contributed by atoms with Gasteiger partial charge in [0.05, 0.1) is 0 Å². The molecular weight excluding hydrogens is 350 g/mol. The minimum absolute atomic E-state index is 0.0554. The van der Waals surface area contributed by atoms with Crippen molar-refractivity contribution < 1.29 is 14.6 Å².